The molecule has 0 aliphatic rings. The Balaban J connectivity index is 5.08. The molecule has 0 rings (SSSR count). The Bertz CT molecular complexity index is 305. The number of carbonyl (C=O) groups excluding carboxylic acids is 2. The number of esters is 1. The second kappa shape index (κ2) is 9.15. The largest absolute Gasteiger partial charge is 0.465 e. The zero-order valence-corrected chi connectivity index (χ0v) is 14.2. The van der Waals surface area contributed by atoms with E-state index in [1.165, 1.54) is 0 Å². The summed E-state index contributed by atoms with van der Waals surface area (Å²) in [4.78, 5) is 24.7. The van der Waals surface area contributed by atoms with Crippen molar-refractivity contribution in [3.8, 4) is 0 Å². The van der Waals surface area contributed by atoms with E-state index in [1.807, 2.05) is 48.5 Å². The number of Topliss-reactive ketones (excluding diaryl/α,β-unsaturated/α-hetero) is 1. The smallest absolute Gasteiger partial charge is 0.309 e. The number of rotatable bonds is 9. The summed E-state index contributed by atoms with van der Waals surface area (Å²) in [5.74, 6) is 0.0217. The van der Waals surface area contributed by atoms with Crippen LogP contribution >= 0.6 is 0 Å². The van der Waals surface area contributed by atoms with E-state index in [0.29, 0.717) is 18.9 Å². The van der Waals surface area contributed by atoms with Gasteiger partial charge in [-0.05, 0) is 24.2 Å². The van der Waals surface area contributed by atoms with Gasteiger partial charge in [0.15, 0.2) is 0 Å². The molecule has 0 aliphatic heterocycles. The molecule has 0 amide bonds. The normalized spacial score (nSPS) is 14.7. The van der Waals surface area contributed by atoms with Crippen molar-refractivity contribution in [3.05, 3.63) is 0 Å². The second-order valence-corrected chi connectivity index (χ2v) is 6.78. The van der Waals surface area contributed by atoms with Gasteiger partial charge in [-0.1, -0.05) is 48.5 Å². The highest BCUT2D eigenvalue weighted by Gasteiger charge is 2.38. The molecule has 0 saturated carbocycles. The molecular formula is C17H32O3. The van der Waals surface area contributed by atoms with E-state index in [0.717, 1.165) is 6.42 Å². The Morgan fingerprint density at radius 2 is 1.40 bits per heavy atom. The van der Waals surface area contributed by atoms with Crippen LogP contribution in [0.3, 0.4) is 0 Å². The number of ether oxygens (including phenoxy) is 1. The summed E-state index contributed by atoms with van der Waals surface area (Å²) in [5, 5.41) is 0. The fraction of sp³-hybridized carbons (Fsp3) is 0.882. The van der Waals surface area contributed by atoms with E-state index < -0.39 is 0 Å². The van der Waals surface area contributed by atoms with Crippen LogP contribution in [-0.2, 0) is 14.3 Å². The third-order valence-electron chi connectivity index (χ3n) is 3.52. The monoisotopic (exact) mass is 284 g/mol. The fourth-order valence-corrected chi connectivity index (χ4v) is 2.58. The van der Waals surface area contributed by atoms with Crippen LogP contribution in [0.15, 0.2) is 0 Å². The van der Waals surface area contributed by atoms with Gasteiger partial charge >= 0.3 is 5.97 Å². The van der Waals surface area contributed by atoms with Crippen molar-refractivity contribution in [2.24, 2.45) is 29.6 Å². The van der Waals surface area contributed by atoms with Crippen molar-refractivity contribution < 1.29 is 14.3 Å². The number of ketones is 1. The van der Waals surface area contributed by atoms with E-state index in [4.69, 9.17) is 4.74 Å². The minimum atomic E-state index is -0.326. The van der Waals surface area contributed by atoms with E-state index >= 15 is 0 Å². The van der Waals surface area contributed by atoms with Gasteiger partial charge in [0.25, 0.3) is 0 Å². The molecule has 0 aliphatic carbocycles. The summed E-state index contributed by atoms with van der Waals surface area (Å²) in [6.07, 6.45) is 1.37. The highest BCUT2D eigenvalue weighted by molar-refractivity contribution is 5.87. The Kier molecular flexibility index (Phi) is 8.75. The lowest BCUT2D eigenvalue weighted by atomic mass is 9.74. The van der Waals surface area contributed by atoms with Gasteiger partial charge in [0.2, 0.25) is 0 Å². The van der Waals surface area contributed by atoms with Crippen LogP contribution in [0.1, 0.15) is 61.3 Å². The minimum Gasteiger partial charge on any atom is -0.465 e. The Morgan fingerprint density at radius 3 is 1.75 bits per heavy atom. The molecule has 0 saturated heterocycles. The second-order valence-electron chi connectivity index (χ2n) is 6.78. The number of hydrogen-bond acceptors (Lipinski definition) is 3. The molecule has 0 aromatic heterocycles. The van der Waals surface area contributed by atoms with Gasteiger partial charge < -0.3 is 4.74 Å². The SMILES string of the molecule is CCCC(=O)C(C(C)C)C(C(=O)OCC(C)C)C(C)C. The summed E-state index contributed by atoms with van der Waals surface area (Å²) < 4.78 is 5.40. The standard InChI is InChI=1S/C17H32O3/c1-8-9-14(18)15(12(4)5)16(13(6)7)17(19)20-10-11(2)3/h11-13,15-16H,8-10H2,1-7H3. The minimum absolute atomic E-state index is 0.114. The highest BCUT2D eigenvalue weighted by atomic mass is 16.5. The molecule has 3 nitrogen and oxygen atoms in total. The molecule has 118 valence electrons. The van der Waals surface area contributed by atoms with Crippen molar-refractivity contribution in [1.82, 2.24) is 0 Å². The first-order chi connectivity index (χ1) is 9.22. The van der Waals surface area contributed by atoms with Gasteiger partial charge in [-0.2, -0.15) is 0 Å². The molecule has 0 aromatic carbocycles. The number of hydrogen-bond donors (Lipinski definition) is 0. The average molecular weight is 284 g/mol. The molecule has 3 heteroatoms. The topological polar surface area (TPSA) is 43.4 Å². The van der Waals surface area contributed by atoms with Crippen LogP contribution in [0.5, 0.6) is 0 Å². The van der Waals surface area contributed by atoms with Gasteiger partial charge in [0.1, 0.15) is 5.78 Å². The molecule has 0 bridgehead atoms. The van der Waals surface area contributed by atoms with Crippen molar-refractivity contribution in [3.63, 3.8) is 0 Å². The van der Waals surface area contributed by atoms with E-state index in [9.17, 15) is 9.59 Å². The first-order valence-electron chi connectivity index (χ1n) is 7.91. The van der Waals surface area contributed by atoms with E-state index in [1.54, 1.807) is 0 Å². The lowest BCUT2D eigenvalue weighted by Crippen LogP contribution is -2.38. The predicted molar refractivity (Wildman–Crippen MR) is 82.4 cm³/mol. The van der Waals surface area contributed by atoms with Crippen LogP contribution in [-0.4, -0.2) is 18.4 Å². The summed E-state index contributed by atoms with van der Waals surface area (Å²) in [6, 6.07) is 0. The van der Waals surface area contributed by atoms with Crippen molar-refractivity contribution in [2.75, 3.05) is 6.61 Å². The molecule has 2 atom stereocenters. The van der Waals surface area contributed by atoms with Gasteiger partial charge in [-0.25, -0.2) is 0 Å². The van der Waals surface area contributed by atoms with Crippen LogP contribution in [0.4, 0.5) is 0 Å². The summed E-state index contributed by atoms with van der Waals surface area (Å²) in [5.41, 5.74) is 0. The Labute approximate surface area is 124 Å². The maximum atomic E-state index is 12.4. The fourth-order valence-electron chi connectivity index (χ4n) is 2.58. The molecule has 0 radical (unpaired) electrons. The lowest BCUT2D eigenvalue weighted by molar-refractivity contribution is -0.157. The lowest BCUT2D eigenvalue weighted by Gasteiger charge is -2.30. The molecule has 0 spiro atoms. The zero-order chi connectivity index (χ0) is 15.9. The quantitative estimate of drug-likeness (QED) is 0.599. The molecule has 2 unspecified atom stereocenters. The highest BCUT2D eigenvalue weighted by Crippen LogP contribution is 2.31. The van der Waals surface area contributed by atoms with Crippen LogP contribution in [0.25, 0.3) is 0 Å². The van der Waals surface area contributed by atoms with Crippen molar-refractivity contribution in [1.29, 1.82) is 0 Å². The number of carbonyl (C=O) groups is 2. The van der Waals surface area contributed by atoms with Crippen molar-refractivity contribution in [2.45, 2.75) is 61.3 Å². The first kappa shape index (κ1) is 19.1. The third-order valence-corrected chi connectivity index (χ3v) is 3.52. The van der Waals surface area contributed by atoms with Crippen LogP contribution < -0.4 is 0 Å². The molecule has 0 heterocycles. The predicted octanol–water partition coefficient (Wildman–Crippen LogP) is 4.10. The zero-order valence-electron chi connectivity index (χ0n) is 14.2. The Morgan fingerprint density at radius 1 is 0.900 bits per heavy atom. The third kappa shape index (κ3) is 6.06. The van der Waals surface area contributed by atoms with Gasteiger partial charge in [0, 0.05) is 12.3 Å². The van der Waals surface area contributed by atoms with Crippen LogP contribution in [0, 0.1) is 29.6 Å². The van der Waals surface area contributed by atoms with E-state index in [-0.39, 0.29) is 35.4 Å². The average Bonchev–Trinajstić information content (AvgIpc) is 2.31. The van der Waals surface area contributed by atoms with Crippen LogP contribution in [0.2, 0.25) is 0 Å². The first-order valence-corrected chi connectivity index (χ1v) is 7.91. The van der Waals surface area contributed by atoms with Gasteiger partial charge in [-0.3, -0.25) is 9.59 Å². The van der Waals surface area contributed by atoms with Crippen molar-refractivity contribution >= 4 is 11.8 Å². The maximum Gasteiger partial charge on any atom is 0.309 e. The molecule has 0 N–H and O–H groups in total. The van der Waals surface area contributed by atoms with E-state index in [2.05, 4.69) is 0 Å². The summed E-state index contributed by atoms with van der Waals surface area (Å²) in [6.45, 7) is 14.5. The maximum absolute atomic E-state index is 12.4. The molecule has 0 fully saturated rings. The molecular weight excluding hydrogens is 252 g/mol. The summed E-state index contributed by atoms with van der Waals surface area (Å²) >= 11 is 0. The molecule has 0 aromatic rings. The molecule has 20 heavy (non-hydrogen) atoms. The summed E-state index contributed by atoms with van der Waals surface area (Å²) in [7, 11) is 0. The Hall–Kier alpha value is -0.860. The van der Waals surface area contributed by atoms with Gasteiger partial charge in [0.05, 0.1) is 12.5 Å². The van der Waals surface area contributed by atoms with Gasteiger partial charge in [-0.15, -0.1) is 0 Å².